The average Bonchev–Trinajstić information content (AvgIpc) is 2.16. The first-order valence-corrected chi connectivity index (χ1v) is 4.21. The molecule has 0 fully saturated rings. The van der Waals surface area contributed by atoms with E-state index >= 15 is 0 Å². The van der Waals surface area contributed by atoms with Crippen molar-refractivity contribution in [3.63, 3.8) is 0 Å². The lowest BCUT2D eigenvalue weighted by atomic mass is 10.0. The predicted molar refractivity (Wildman–Crippen MR) is 48.3 cm³/mol. The van der Waals surface area contributed by atoms with E-state index in [1.165, 1.54) is 0 Å². The minimum atomic E-state index is 0.0569. The molecule has 0 unspecified atom stereocenters. The molecule has 0 aromatic heterocycles. The maximum Gasteiger partial charge on any atom is 0.140 e. The van der Waals surface area contributed by atoms with Crippen molar-refractivity contribution >= 4 is 0 Å². The van der Waals surface area contributed by atoms with Gasteiger partial charge in [-0.25, -0.2) is 0 Å². The molecule has 0 amide bonds. The van der Waals surface area contributed by atoms with Crippen molar-refractivity contribution in [3.8, 4) is 11.8 Å². The number of benzene rings is 1. The molecule has 1 aliphatic heterocycles. The minimum absolute atomic E-state index is 0.0569. The van der Waals surface area contributed by atoms with Gasteiger partial charge in [0, 0.05) is 6.04 Å². The molecule has 0 aliphatic carbocycles. The van der Waals surface area contributed by atoms with Gasteiger partial charge in [0.25, 0.3) is 0 Å². The maximum atomic E-state index is 8.80. The Morgan fingerprint density at radius 3 is 3.15 bits per heavy atom. The molecule has 13 heavy (non-hydrogen) atoms. The number of hydrogen-bond donors (Lipinski definition) is 1. The van der Waals surface area contributed by atoms with E-state index < -0.39 is 0 Å². The van der Waals surface area contributed by atoms with E-state index in [0.29, 0.717) is 17.9 Å². The fourth-order valence-electron chi connectivity index (χ4n) is 1.54. The number of rotatable bonds is 0. The molecule has 0 saturated heterocycles. The second-order valence-electron chi connectivity index (χ2n) is 3.18. The van der Waals surface area contributed by atoms with Crippen LogP contribution in [0.1, 0.15) is 11.1 Å². The van der Waals surface area contributed by atoms with Crippen LogP contribution >= 0.6 is 0 Å². The predicted octanol–water partition coefficient (Wildman–Crippen LogP) is 0.820. The highest BCUT2D eigenvalue weighted by Gasteiger charge is 2.18. The quantitative estimate of drug-likeness (QED) is 0.633. The molecular formula is C10H10N2O. The third-order valence-corrected chi connectivity index (χ3v) is 2.14. The van der Waals surface area contributed by atoms with Crippen LogP contribution in [0.5, 0.6) is 5.75 Å². The van der Waals surface area contributed by atoms with Gasteiger partial charge in [0.1, 0.15) is 18.4 Å². The summed E-state index contributed by atoms with van der Waals surface area (Å²) in [5, 5.41) is 8.80. The molecule has 1 aromatic rings. The van der Waals surface area contributed by atoms with Crippen LogP contribution < -0.4 is 10.5 Å². The Kier molecular flexibility index (Phi) is 1.91. The van der Waals surface area contributed by atoms with E-state index in [0.717, 1.165) is 12.0 Å². The number of nitrogens with two attached hydrogens (primary N) is 1. The SMILES string of the molecule is N#Cc1cccc2c1OC[C@H](N)C2. The summed E-state index contributed by atoms with van der Waals surface area (Å²) in [5.74, 6) is 0.715. The zero-order chi connectivity index (χ0) is 9.26. The molecule has 3 nitrogen and oxygen atoms in total. The van der Waals surface area contributed by atoms with E-state index in [-0.39, 0.29) is 6.04 Å². The Morgan fingerprint density at radius 2 is 2.38 bits per heavy atom. The van der Waals surface area contributed by atoms with Gasteiger partial charge in [-0.05, 0) is 18.1 Å². The van der Waals surface area contributed by atoms with E-state index in [4.69, 9.17) is 15.7 Å². The monoisotopic (exact) mass is 174 g/mol. The molecule has 2 rings (SSSR count). The Hall–Kier alpha value is -1.53. The number of ether oxygens (including phenoxy) is 1. The first-order chi connectivity index (χ1) is 6.31. The lowest BCUT2D eigenvalue weighted by Crippen LogP contribution is -2.34. The molecule has 3 heteroatoms. The van der Waals surface area contributed by atoms with E-state index in [1.807, 2.05) is 12.1 Å². The summed E-state index contributed by atoms with van der Waals surface area (Å²) in [6.45, 7) is 0.506. The molecule has 1 heterocycles. The lowest BCUT2D eigenvalue weighted by molar-refractivity contribution is 0.263. The van der Waals surface area contributed by atoms with Crippen LogP contribution in [0.3, 0.4) is 0 Å². The van der Waals surface area contributed by atoms with Crippen molar-refractivity contribution in [2.75, 3.05) is 6.61 Å². The first kappa shape index (κ1) is 8.09. The van der Waals surface area contributed by atoms with Crippen LogP contribution in [-0.4, -0.2) is 12.6 Å². The van der Waals surface area contributed by atoms with Crippen LogP contribution in [0.2, 0.25) is 0 Å². The number of nitrogens with zero attached hydrogens (tertiary/aromatic N) is 1. The van der Waals surface area contributed by atoms with Gasteiger partial charge in [-0.1, -0.05) is 12.1 Å². The lowest BCUT2D eigenvalue weighted by Gasteiger charge is -2.22. The third kappa shape index (κ3) is 1.36. The van der Waals surface area contributed by atoms with Gasteiger partial charge in [-0.15, -0.1) is 0 Å². The topological polar surface area (TPSA) is 59.0 Å². The van der Waals surface area contributed by atoms with Gasteiger partial charge in [0.15, 0.2) is 0 Å². The summed E-state index contributed by atoms with van der Waals surface area (Å²) in [4.78, 5) is 0. The summed E-state index contributed by atoms with van der Waals surface area (Å²) in [6, 6.07) is 7.73. The number of fused-ring (bicyclic) bond motifs is 1. The van der Waals surface area contributed by atoms with E-state index in [1.54, 1.807) is 6.07 Å². The first-order valence-electron chi connectivity index (χ1n) is 4.21. The van der Waals surface area contributed by atoms with Crippen molar-refractivity contribution < 1.29 is 4.74 Å². The molecule has 1 aromatic carbocycles. The zero-order valence-corrected chi connectivity index (χ0v) is 7.16. The Balaban J connectivity index is 2.47. The molecule has 1 atom stereocenters. The highest BCUT2D eigenvalue weighted by Crippen LogP contribution is 2.27. The van der Waals surface area contributed by atoms with Crippen LogP contribution in [0.15, 0.2) is 18.2 Å². The largest absolute Gasteiger partial charge is 0.490 e. The second kappa shape index (κ2) is 3.08. The summed E-state index contributed by atoms with van der Waals surface area (Å²) in [6.07, 6.45) is 0.796. The summed E-state index contributed by atoms with van der Waals surface area (Å²) in [5.41, 5.74) is 7.37. The molecule has 66 valence electrons. The van der Waals surface area contributed by atoms with Crippen LogP contribution in [0.4, 0.5) is 0 Å². The average molecular weight is 174 g/mol. The molecule has 2 N–H and O–H groups in total. The zero-order valence-electron chi connectivity index (χ0n) is 7.16. The molecular weight excluding hydrogens is 164 g/mol. The van der Waals surface area contributed by atoms with Crippen molar-refractivity contribution in [2.45, 2.75) is 12.5 Å². The molecule has 1 aliphatic rings. The van der Waals surface area contributed by atoms with Crippen molar-refractivity contribution in [3.05, 3.63) is 29.3 Å². The summed E-state index contributed by atoms with van der Waals surface area (Å²) >= 11 is 0. The molecule has 0 spiro atoms. The van der Waals surface area contributed by atoms with Crippen molar-refractivity contribution in [1.82, 2.24) is 0 Å². The number of nitriles is 1. The Bertz CT molecular complexity index is 368. The summed E-state index contributed by atoms with van der Waals surface area (Å²) in [7, 11) is 0. The Morgan fingerprint density at radius 1 is 1.54 bits per heavy atom. The fourth-order valence-corrected chi connectivity index (χ4v) is 1.54. The normalized spacial score (nSPS) is 19.8. The minimum Gasteiger partial charge on any atom is -0.490 e. The maximum absolute atomic E-state index is 8.80. The number of hydrogen-bond acceptors (Lipinski definition) is 3. The fraction of sp³-hybridized carbons (Fsp3) is 0.300. The van der Waals surface area contributed by atoms with Crippen molar-refractivity contribution in [2.24, 2.45) is 5.73 Å². The summed E-state index contributed by atoms with van der Waals surface area (Å²) < 4.78 is 5.41. The molecule has 0 radical (unpaired) electrons. The van der Waals surface area contributed by atoms with Crippen molar-refractivity contribution in [1.29, 1.82) is 5.26 Å². The molecule has 0 saturated carbocycles. The van der Waals surface area contributed by atoms with E-state index in [2.05, 4.69) is 6.07 Å². The van der Waals surface area contributed by atoms with Gasteiger partial charge < -0.3 is 10.5 Å². The van der Waals surface area contributed by atoms with Gasteiger partial charge in [-0.2, -0.15) is 5.26 Å². The second-order valence-corrected chi connectivity index (χ2v) is 3.18. The van der Waals surface area contributed by atoms with Crippen LogP contribution in [0, 0.1) is 11.3 Å². The third-order valence-electron chi connectivity index (χ3n) is 2.14. The van der Waals surface area contributed by atoms with Gasteiger partial charge in [0.2, 0.25) is 0 Å². The van der Waals surface area contributed by atoms with Crippen LogP contribution in [-0.2, 0) is 6.42 Å². The smallest absolute Gasteiger partial charge is 0.140 e. The highest BCUT2D eigenvalue weighted by molar-refractivity contribution is 5.49. The van der Waals surface area contributed by atoms with E-state index in [9.17, 15) is 0 Å². The molecule has 0 bridgehead atoms. The van der Waals surface area contributed by atoms with Gasteiger partial charge in [-0.3, -0.25) is 0 Å². The van der Waals surface area contributed by atoms with Gasteiger partial charge >= 0.3 is 0 Å². The highest BCUT2D eigenvalue weighted by atomic mass is 16.5. The van der Waals surface area contributed by atoms with Crippen LogP contribution in [0.25, 0.3) is 0 Å². The number of para-hydroxylation sites is 1. The standard InChI is InChI=1S/C10H10N2O/c11-5-8-3-1-2-7-4-9(12)6-13-10(7)8/h1-3,9H,4,6,12H2/t9-/m1/s1. The Labute approximate surface area is 76.7 Å². The van der Waals surface area contributed by atoms with Gasteiger partial charge in [0.05, 0.1) is 5.56 Å².